The van der Waals surface area contributed by atoms with Gasteiger partial charge >= 0.3 is 5.69 Å². The molecule has 1 aliphatic heterocycles. The van der Waals surface area contributed by atoms with Crippen molar-refractivity contribution in [3.63, 3.8) is 0 Å². The molecule has 0 unspecified atom stereocenters. The van der Waals surface area contributed by atoms with Crippen LogP contribution >= 0.6 is 0 Å². The number of rotatable bonds is 1. The maximum absolute atomic E-state index is 12.8. The molecule has 0 saturated carbocycles. The number of amides is 2. The van der Waals surface area contributed by atoms with Crippen molar-refractivity contribution in [3.8, 4) is 0 Å². The van der Waals surface area contributed by atoms with E-state index in [9.17, 15) is 14.4 Å². The van der Waals surface area contributed by atoms with Gasteiger partial charge in [-0.3, -0.25) is 24.0 Å². The SMILES string of the molecule is Cn1c(=O)n([C@H]2CCC(=O)NC2=O)c2cccc(C(C)(C)C)c21. The van der Waals surface area contributed by atoms with E-state index in [1.807, 2.05) is 18.2 Å². The largest absolute Gasteiger partial charge is 0.329 e. The molecule has 1 saturated heterocycles. The van der Waals surface area contributed by atoms with Crippen LogP contribution in [0.15, 0.2) is 23.0 Å². The predicted molar refractivity (Wildman–Crippen MR) is 87.3 cm³/mol. The van der Waals surface area contributed by atoms with Gasteiger partial charge < -0.3 is 0 Å². The lowest BCUT2D eigenvalue weighted by atomic mass is 9.86. The van der Waals surface area contributed by atoms with E-state index < -0.39 is 11.9 Å². The van der Waals surface area contributed by atoms with Gasteiger partial charge in [0.05, 0.1) is 11.0 Å². The lowest BCUT2D eigenvalue weighted by molar-refractivity contribution is -0.135. The molecule has 0 bridgehead atoms. The first-order valence-corrected chi connectivity index (χ1v) is 7.76. The van der Waals surface area contributed by atoms with E-state index in [-0.39, 0.29) is 23.4 Å². The fourth-order valence-electron chi connectivity index (χ4n) is 3.27. The van der Waals surface area contributed by atoms with Crippen molar-refractivity contribution in [1.82, 2.24) is 14.5 Å². The number of nitrogens with one attached hydrogen (secondary N) is 1. The van der Waals surface area contributed by atoms with Gasteiger partial charge in [0.2, 0.25) is 11.8 Å². The standard InChI is InChI=1S/C17H21N3O3/c1-17(2,3)10-6-5-7-11-14(10)19(4)16(23)20(11)12-8-9-13(21)18-15(12)22/h5-7,12H,8-9H2,1-4H3,(H,18,21,22)/t12-/m0/s1. The highest BCUT2D eigenvalue weighted by Gasteiger charge is 2.32. The molecule has 2 amide bonds. The fraction of sp³-hybridized carbons (Fsp3) is 0.471. The Kier molecular flexibility index (Phi) is 3.43. The van der Waals surface area contributed by atoms with Gasteiger partial charge in [0.15, 0.2) is 0 Å². The number of imidazole rings is 1. The Hall–Kier alpha value is -2.37. The van der Waals surface area contributed by atoms with Gasteiger partial charge in [-0.15, -0.1) is 0 Å². The Morgan fingerprint density at radius 1 is 1.17 bits per heavy atom. The molecular formula is C17H21N3O3. The van der Waals surface area contributed by atoms with E-state index in [0.29, 0.717) is 6.42 Å². The number of para-hydroxylation sites is 1. The van der Waals surface area contributed by atoms with Crippen LogP contribution in [0.3, 0.4) is 0 Å². The number of carbonyl (C=O) groups excluding carboxylic acids is 2. The summed E-state index contributed by atoms with van der Waals surface area (Å²) in [4.78, 5) is 36.3. The number of imide groups is 1. The first-order chi connectivity index (χ1) is 10.7. The van der Waals surface area contributed by atoms with E-state index in [1.165, 1.54) is 4.57 Å². The molecule has 1 N–H and O–H groups in total. The first-order valence-electron chi connectivity index (χ1n) is 7.76. The summed E-state index contributed by atoms with van der Waals surface area (Å²) in [6.45, 7) is 6.28. The molecule has 0 radical (unpaired) electrons. The van der Waals surface area contributed by atoms with Crippen LogP contribution in [0.4, 0.5) is 0 Å². The summed E-state index contributed by atoms with van der Waals surface area (Å²) in [6.07, 6.45) is 0.599. The van der Waals surface area contributed by atoms with Gasteiger partial charge in [-0.2, -0.15) is 0 Å². The summed E-state index contributed by atoms with van der Waals surface area (Å²) in [6, 6.07) is 5.14. The zero-order valence-electron chi connectivity index (χ0n) is 13.8. The number of carbonyl (C=O) groups is 2. The lowest BCUT2D eigenvalue weighted by Crippen LogP contribution is -2.44. The van der Waals surface area contributed by atoms with E-state index in [1.54, 1.807) is 11.6 Å². The van der Waals surface area contributed by atoms with Crippen molar-refractivity contribution < 1.29 is 9.59 Å². The van der Waals surface area contributed by atoms with Crippen LogP contribution in [0, 0.1) is 0 Å². The van der Waals surface area contributed by atoms with Crippen LogP contribution in [-0.2, 0) is 22.1 Å². The summed E-state index contributed by atoms with van der Waals surface area (Å²) < 4.78 is 3.12. The van der Waals surface area contributed by atoms with E-state index in [2.05, 4.69) is 26.1 Å². The Morgan fingerprint density at radius 2 is 1.87 bits per heavy atom. The van der Waals surface area contributed by atoms with Gasteiger partial charge in [0.1, 0.15) is 6.04 Å². The molecule has 1 atom stereocenters. The predicted octanol–water partition coefficient (Wildman–Crippen LogP) is 1.62. The number of fused-ring (bicyclic) bond motifs is 1. The Labute approximate surface area is 134 Å². The summed E-state index contributed by atoms with van der Waals surface area (Å²) in [5, 5.41) is 2.33. The van der Waals surface area contributed by atoms with Gasteiger partial charge in [-0.1, -0.05) is 32.9 Å². The normalized spacial score (nSPS) is 19.2. The second-order valence-corrected chi connectivity index (χ2v) is 7.10. The number of aromatic nitrogens is 2. The smallest absolute Gasteiger partial charge is 0.295 e. The highest BCUT2D eigenvalue weighted by Crippen LogP contribution is 2.31. The van der Waals surface area contributed by atoms with Crippen molar-refractivity contribution in [1.29, 1.82) is 0 Å². The molecule has 0 aliphatic carbocycles. The van der Waals surface area contributed by atoms with Gasteiger partial charge in [0.25, 0.3) is 0 Å². The van der Waals surface area contributed by atoms with E-state index in [0.717, 1.165) is 16.6 Å². The first kappa shape index (κ1) is 15.5. The number of hydrogen-bond acceptors (Lipinski definition) is 3. The highest BCUT2D eigenvalue weighted by atomic mass is 16.2. The number of aryl methyl sites for hydroxylation is 1. The molecule has 1 aromatic carbocycles. The molecule has 1 aromatic heterocycles. The average Bonchev–Trinajstić information content (AvgIpc) is 2.71. The van der Waals surface area contributed by atoms with Crippen molar-refractivity contribution in [3.05, 3.63) is 34.2 Å². The molecule has 23 heavy (non-hydrogen) atoms. The molecule has 2 heterocycles. The summed E-state index contributed by atoms with van der Waals surface area (Å²) in [5.41, 5.74) is 2.28. The van der Waals surface area contributed by atoms with Crippen LogP contribution < -0.4 is 11.0 Å². The van der Waals surface area contributed by atoms with Crippen molar-refractivity contribution in [2.75, 3.05) is 0 Å². The minimum atomic E-state index is -0.640. The third kappa shape index (κ3) is 2.38. The number of hydrogen-bond donors (Lipinski definition) is 1. The lowest BCUT2D eigenvalue weighted by Gasteiger charge is -2.23. The van der Waals surface area contributed by atoms with Crippen LogP contribution in [-0.4, -0.2) is 20.9 Å². The minimum Gasteiger partial charge on any atom is -0.295 e. The van der Waals surface area contributed by atoms with Crippen molar-refractivity contribution in [2.24, 2.45) is 7.05 Å². The molecule has 3 rings (SSSR count). The fourth-order valence-corrected chi connectivity index (χ4v) is 3.27. The monoisotopic (exact) mass is 315 g/mol. The minimum absolute atomic E-state index is 0.124. The van der Waals surface area contributed by atoms with Crippen LogP contribution in [0.1, 0.15) is 45.2 Å². The van der Waals surface area contributed by atoms with Crippen molar-refractivity contribution >= 4 is 22.8 Å². The molecule has 6 heteroatoms. The Morgan fingerprint density at radius 3 is 2.48 bits per heavy atom. The second-order valence-electron chi connectivity index (χ2n) is 7.10. The molecule has 1 aliphatic rings. The maximum Gasteiger partial charge on any atom is 0.329 e. The zero-order chi connectivity index (χ0) is 16.9. The topological polar surface area (TPSA) is 73.1 Å². The Balaban J connectivity index is 2.28. The molecule has 1 fully saturated rings. The molecular weight excluding hydrogens is 294 g/mol. The number of benzene rings is 1. The third-order valence-corrected chi connectivity index (χ3v) is 4.43. The van der Waals surface area contributed by atoms with Gasteiger partial charge in [0, 0.05) is 13.5 Å². The summed E-state index contributed by atoms with van der Waals surface area (Å²) in [5.74, 6) is -0.688. The molecule has 0 spiro atoms. The van der Waals surface area contributed by atoms with Gasteiger partial charge in [-0.05, 0) is 23.5 Å². The van der Waals surface area contributed by atoms with E-state index >= 15 is 0 Å². The summed E-state index contributed by atoms with van der Waals surface area (Å²) in [7, 11) is 1.72. The number of piperidine rings is 1. The zero-order valence-corrected chi connectivity index (χ0v) is 13.8. The molecule has 122 valence electrons. The number of nitrogens with zero attached hydrogens (tertiary/aromatic N) is 2. The second kappa shape index (κ2) is 5.08. The molecule has 6 nitrogen and oxygen atoms in total. The maximum atomic E-state index is 12.8. The summed E-state index contributed by atoms with van der Waals surface area (Å²) >= 11 is 0. The van der Waals surface area contributed by atoms with Crippen LogP contribution in [0.25, 0.3) is 11.0 Å². The van der Waals surface area contributed by atoms with Crippen molar-refractivity contribution in [2.45, 2.75) is 45.1 Å². The van der Waals surface area contributed by atoms with Crippen LogP contribution in [0.5, 0.6) is 0 Å². The average molecular weight is 315 g/mol. The molecule has 2 aromatic rings. The highest BCUT2D eigenvalue weighted by molar-refractivity contribution is 6.00. The van der Waals surface area contributed by atoms with E-state index in [4.69, 9.17) is 0 Å². The third-order valence-electron chi connectivity index (χ3n) is 4.43. The quantitative estimate of drug-likeness (QED) is 0.813. The van der Waals surface area contributed by atoms with Crippen LogP contribution in [0.2, 0.25) is 0 Å². The Bertz CT molecular complexity index is 868. The van der Waals surface area contributed by atoms with Gasteiger partial charge in [-0.25, -0.2) is 4.79 Å².